The topological polar surface area (TPSA) is 68.7 Å². The van der Waals surface area contributed by atoms with Gasteiger partial charge in [0.05, 0.1) is 18.3 Å². The highest BCUT2D eigenvalue weighted by Gasteiger charge is 2.37. The third-order valence-electron chi connectivity index (χ3n) is 4.09. The van der Waals surface area contributed by atoms with Crippen LogP contribution in [-0.4, -0.2) is 35.2 Å². The Morgan fingerprint density at radius 3 is 2.74 bits per heavy atom. The molecule has 1 aromatic heterocycles. The van der Waals surface area contributed by atoms with Crippen molar-refractivity contribution in [2.75, 3.05) is 13.2 Å². The molecule has 1 aliphatic heterocycles. The Labute approximate surface area is 158 Å². The third kappa shape index (κ3) is 4.53. The zero-order valence-corrected chi connectivity index (χ0v) is 15.4. The average molecular weight is 366 g/mol. The predicted octanol–water partition coefficient (Wildman–Crippen LogP) is 3.82. The van der Waals surface area contributed by atoms with E-state index in [4.69, 9.17) is 9.47 Å². The fourth-order valence-corrected chi connectivity index (χ4v) is 2.82. The van der Waals surface area contributed by atoms with E-state index in [0.717, 1.165) is 5.56 Å². The fraction of sp³-hybridized carbons (Fsp3) is 0.286. The number of pyridine rings is 1. The van der Waals surface area contributed by atoms with Crippen molar-refractivity contribution in [2.24, 2.45) is 5.92 Å². The summed E-state index contributed by atoms with van der Waals surface area (Å²) in [5.41, 5.74) is 1.97. The molecule has 1 fully saturated rings. The van der Waals surface area contributed by atoms with Crippen molar-refractivity contribution in [3.05, 3.63) is 72.1 Å². The Morgan fingerprint density at radius 2 is 2.07 bits per heavy atom. The molecule has 27 heavy (non-hydrogen) atoms. The molecule has 1 atom stereocenters. The Hall–Kier alpha value is -3.15. The van der Waals surface area contributed by atoms with Crippen molar-refractivity contribution in [2.45, 2.75) is 19.9 Å². The minimum absolute atomic E-state index is 0.210. The van der Waals surface area contributed by atoms with Gasteiger partial charge in [0.15, 0.2) is 0 Å². The molecule has 0 N–H and O–H groups in total. The number of carbonyl (C=O) groups is 2. The lowest BCUT2D eigenvalue weighted by Gasteiger charge is -2.24. The molecular weight excluding hydrogens is 344 g/mol. The van der Waals surface area contributed by atoms with Crippen LogP contribution in [0.15, 0.2) is 60.9 Å². The molecule has 0 bridgehead atoms. The number of cyclic esters (lactones) is 1. The Balaban J connectivity index is 1.98. The van der Waals surface area contributed by atoms with Gasteiger partial charge in [-0.3, -0.25) is 9.88 Å². The summed E-state index contributed by atoms with van der Waals surface area (Å²) in [6.45, 7) is 4.44. The first-order valence-electron chi connectivity index (χ1n) is 8.86. The minimum Gasteiger partial charge on any atom is -0.462 e. The van der Waals surface area contributed by atoms with Gasteiger partial charge in [-0.1, -0.05) is 44.2 Å². The Morgan fingerprint density at radius 1 is 1.30 bits per heavy atom. The molecule has 1 aliphatic rings. The van der Waals surface area contributed by atoms with Crippen LogP contribution in [0.5, 0.6) is 0 Å². The molecule has 1 saturated heterocycles. The molecule has 0 saturated carbocycles. The number of benzene rings is 1. The minimum atomic E-state index is -0.505. The summed E-state index contributed by atoms with van der Waals surface area (Å²) < 4.78 is 10.6. The van der Waals surface area contributed by atoms with E-state index in [1.54, 1.807) is 24.5 Å². The maximum atomic E-state index is 12.5. The van der Waals surface area contributed by atoms with E-state index >= 15 is 0 Å². The average Bonchev–Trinajstić information content (AvgIpc) is 3.07. The maximum Gasteiger partial charge on any atom is 0.415 e. The van der Waals surface area contributed by atoms with E-state index in [9.17, 15) is 9.59 Å². The zero-order chi connectivity index (χ0) is 19.2. The lowest BCUT2D eigenvalue weighted by atomic mass is 10.0. The summed E-state index contributed by atoms with van der Waals surface area (Å²) in [4.78, 5) is 30.4. The number of carbonyl (C=O) groups excluding carboxylic acids is 2. The van der Waals surface area contributed by atoms with Crippen LogP contribution >= 0.6 is 0 Å². The fourth-order valence-electron chi connectivity index (χ4n) is 2.82. The van der Waals surface area contributed by atoms with E-state index in [2.05, 4.69) is 4.98 Å². The molecule has 140 valence electrons. The SMILES string of the molecule is CC(C)COC(=O)C=C(c1cccnc1)N1C(=O)OC[C@H]1c1ccccc1. The molecule has 0 unspecified atom stereocenters. The number of hydrogen-bond acceptors (Lipinski definition) is 5. The van der Waals surface area contributed by atoms with Crippen molar-refractivity contribution in [3.63, 3.8) is 0 Å². The molecule has 2 aromatic rings. The number of ether oxygens (including phenoxy) is 2. The van der Waals surface area contributed by atoms with Gasteiger partial charge in [0, 0.05) is 24.0 Å². The van der Waals surface area contributed by atoms with Gasteiger partial charge in [-0.25, -0.2) is 9.59 Å². The van der Waals surface area contributed by atoms with E-state index in [1.165, 1.54) is 11.0 Å². The number of esters is 1. The van der Waals surface area contributed by atoms with Gasteiger partial charge in [-0.2, -0.15) is 0 Å². The summed E-state index contributed by atoms with van der Waals surface area (Å²) in [5.74, 6) is -0.285. The molecule has 2 heterocycles. The number of rotatable bonds is 6. The second-order valence-corrected chi connectivity index (χ2v) is 6.67. The molecular formula is C21H22N2O4. The highest BCUT2D eigenvalue weighted by molar-refractivity contribution is 5.95. The lowest BCUT2D eigenvalue weighted by Crippen LogP contribution is -2.27. The summed E-state index contributed by atoms with van der Waals surface area (Å²) in [6.07, 6.45) is 4.07. The van der Waals surface area contributed by atoms with E-state index in [-0.39, 0.29) is 18.6 Å². The first-order chi connectivity index (χ1) is 13.1. The summed E-state index contributed by atoms with van der Waals surface area (Å²) in [5, 5.41) is 0. The van der Waals surface area contributed by atoms with Crippen LogP contribution < -0.4 is 0 Å². The van der Waals surface area contributed by atoms with Crippen molar-refractivity contribution in [1.82, 2.24) is 9.88 Å². The van der Waals surface area contributed by atoms with Crippen molar-refractivity contribution >= 4 is 17.8 Å². The Bertz CT molecular complexity index is 819. The monoisotopic (exact) mass is 366 g/mol. The van der Waals surface area contributed by atoms with Gasteiger partial charge < -0.3 is 9.47 Å². The molecule has 6 nitrogen and oxygen atoms in total. The first-order valence-corrected chi connectivity index (χ1v) is 8.86. The molecule has 1 aromatic carbocycles. The van der Waals surface area contributed by atoms with Crippen LogP contribution in [0.25, 0.3) is 5.70 Å². The van der Waals surface area contributed by atoms with Crippen LogP contribution in [0, 0.1) is 5.92 Å². The number of nitrogens with zero attached hydrogens (tertiary/aromatic N) is 2. The second kappa shape index (κ2) is 8.49. The Kier molecular flexibility index (Phi) is 5.86. The van der Waals surface area contributed by atoms with Crippen LogP contribution in [0.3, 0.4) is 0 Å². The van der Waals surface area contributed by atoms with Crippen molar-refractivity contribution < 1.29 is 19.1 Å². The number of amides is 1. The number of hydrogen-bond donors (Lipinski definition) is 0. The molecule has 3 rings (SSSR count). The molecule has 6 heteroatoms. The van der Waals surface area contributed by atoms with Crippen molar-refractivity contribution in [3.8, 4) is 0 Å². The first kappa shape index (κ1) is 18.6. The standard InChI is InChI=1S/C21H22N2O4/c1-15(2)13-26-20(24)11-18(17-9-6-10-22-12-17)23-19(14-27-21(23)25)16-7-4-3-5-8-16/h3-12,15,19H,13-14H2,1-2H3/t19-/m0/s1. The van der Waals surface area contributed by atoms with Gasteiger partial charge in [0.2, 0.25) is 0 Å². The van der Waals surface area contributed by atoms with E-state index < -0.39 is 12.1 Å². The van der Waals surface area contributed by atoms with Gasteiger partial charge in [-0.05, 0) is 23.6 Å². The zero-order valence-electron chi connectivity index (χ0n) is 15.4. The normalized spacial score (nSPS) is 17.1. The molecule has 1 amide bonds. The van der Waals surface area contributed by atoms with E-state index in [0.29, 0.717) is 17.9 Å². The quantitative estimate of drug-likeness (QED) is 0.574. The van der Waals surface area contributed by atoms with Crippen LogP contribution in [0.4, 0.5) is 4.79 Å². The highest BCUT2D eigenvalue weighted by atomic mass is 16.6. The smallest absolute Gasteiger partial charge is 0.415 e. The molecule has 0 radical (unpaired) electrons. The van der Waals surface area contributed by atoms with Gasteiger partial charge in [-0.15, -0.1) is 0 Å². The lowest BCUT2D eigenvalue weighted by molar-refractivity contribution is -0.138. The predicted molar refractivity (Wildman–Crippen MR) is 100 cm³/mol. The molecule has 0 aliphatic carbocycles. The number of aromatic nitrogens is 1. The second-order valence-electron chi connectivity index (χ2n) is 6.67. The van der Waals surface area contributed by atoms with Crippen LogP contribution in [-0.2, 0) is 14.3 Å². The van der Waals surface area contributed by atoms with Crippen molar-refractivity contribution in [1.29, 1.82) is 0 Å². The van der Waals surface area contributed by atoms with Crippen LogP contribution in [0.2, 0.25) is 0 Å². The van der Waals surface area contributed by atoms with Gasteiger partial charge in [0.25, 0.3) is 0 Å². The van der Waals surface area contributed by atoms with E-state index in [1.807, 2.05) is 44.2 Å². The molecule has 0 spiro atoms. The summed E-state index contributed by atoms with van der Waals surface area (Å²) in [6, 6.07) is 12.8. The summed E-state index contributed by atoms with van der Waals surface area (Å²) in [7, 11) is 0. The third-order valence-corrected chi connectivity index (χ3v) is 4.09. The summed E-state index contributed by atoms with van der Waals surface area (Å²) >= 11 is 0. The maximum absolute atomic E-state index is 12.5. The van der Waals surface area contributed by atoms with Crippen LogP contribution in [0.1, 0.15) is 31.0 Å². The highest BCUT2D eigenvalue weighted by Crippen LogP contribution is 2.35. The largest absolute Gasteiger partial charge is 0.462 e. The van der Waals surface area contributed by atoms with Gasteiger partial charge >= 0.3 is 12.1 Å². The van der Waals surface area contributed by atoms with Gasteiger partial charge in [0.1, 0.15) is 6.61 Å².